The van der Waals surface area contributed by atoms with E-state index in [0.29, 0.717) is 0 Å². The maximum absolute atomic E-state index is 10.7. The van der Waals surface area contributed by atoms with Crippen molar-refractivity contribution in [2.45, 2.75) is 3.42 Å². The van der Waals surface area contributed by atoms with Gasteiger partial charge in [0.15, 0.2) is 0 Å². The molecule has 1 rings (SSSR count). The molecule has 50 valence electrons. The van der Waals surface area contributed by atoms with Gasteiger partial charge in [-0.1, -0.05) is 0 Å². The summed E-state index contributed by atoms with van der Waals surface area (Å²) < 4.78 is -0.0107. The van der Waals surface area contributed by atoms with E-state index < -0.39 is 11.8 Å². The number of hydrazone groups is 1. The van der Waals surface area contributed by atoms with E-state index in [2.05, 4.69) is 10.4 Å². The summed E-state index contributed by atoms with van der Waals surface area (Å²) in [5.41, 5.74) is 0. The third kappa shape index (κ3) is 1.42. The van der Waals surface area contributed by atoms with Crippen LogP contribution in [0.2, 0.25) is 0 Å². The molecule has 0 spiro atoms. The van der Waals surface area contributed by atoms with Crippen molar-refractivity contribution in [3.63, 3.8) is 0 Å². The van der Waals surface area contributed by atoms with Gasteiger partial charge in [-0.05, 0) is 0 Å². The van der Waals surface area contributed by atoms with E-state index in [0.717, 1.165) is 27.9 Å². The number of amides is 1. The Morgan fingerprint density at radius 3 is 3.00 bits per heavy atom. The third-order valence-corrected chi connectivity index (χ3v) is 2.39. The summed E-state index contributed by atoms with van der Waals surface area (Å²) in [4.78, 5) is 10.7. The first-order valence-electron chi connectivity index (χ1n) is 2.92. The van der Waals surface area contributed by atoms with Gasteiger partial charge in [0.2, 0.25) is 0 Å². The van der Waals surface area contributed by atoms with Gasteiger partial charge in [-0.15, -0.1) is 0 Å². The average Bonchev–Trinajstić information content (AvgIpc) is 1.84. The molecule has 5 nitrogen and oxygen atoms in total. The van der Waals surface area contributed by atoms with E-state index in [4.69, 9.17) is 5.11 Å². The standard InChI is InChI=1S/C4H6N3O2.Na/c1-7-2-5-3(8)4(9)6-7;/h2H,1H3,(H,5,8)(H,6,9);. The molecule has 10 heavy (non-hydrogen) atoms. The minimum atomic E-state index is -0.488. The Balaban J connectivity index is 2.79. The van der Waals surface area contributed by atoms with E-state index in [-0.39, 0.29) is 3.42 Å². The fraction of sp³-hybridized carbons (Fsp3) is 0.500. The summed E-state index contributed by atoms with van der Waals surface area (Å²) in [7, 11) is 1.70. The molecular formula is C4H6N3NaO2. The topological polar surface area (TPSA) is 64.9 Å². The van der Waals surface area contributed by atoms with Gasteiger partial charge in [0.1, 0.15) is 0 Å². The molecule has 1 amide bonds. The number of carbonyl (C=O) groups is 1. The molecule has 2 N–H and O–H groups in total. The van der Waals surface area contributed by atoms with E-state index in [9.17, 15) is 4.79 Å². The molecule has 0 fully saturated rings. The van der Waals surface area contributed by atoms with Crippen LogP contribution < -0.4 is 5.32 Å². The Morgan fingerprint density at radius 1 is 1.90 bits per heavy atom. The summed E-state index contributed by atoms with van der Waals surface area (Å²) in [5.74, 6) is -0.951. The molecule has 0 aromatic heterocycles. The SMILES string of the molecule is CN1N=C(O)C(=O)N[CH]1[Na]. The first-order chi connectivity index (χ1) is 4.61. The van der Waals surface area contributed by atoms with E-state index in [1.165, 1.54) is 5.01 Å². The van der Waals surface area contributed by atoms with Crippen LogP contribution in [0.5, 0.6) is 0 Å². The van der Waals surface area contributed by atoms with Crippen LogP contribution in [-0.2, 0) is 4.79 Å². The molecule has 0 radical (unpaired) electrons. The van der Waals surface area contributed by atoms with Crippen LogP contribution in [0.25, 0.3) is 0 Å². The maximum atomic E-state index is 10.7. The van der Waals surface area contributed by atoms with Crippen molar-refractivity contribution in [3.8, 4) is 0 Å². The molecule has 0 aliphatic carbocycles. The molecule has 1 aliphatic heterocycles. The Kier molecular flexibility index (Phi) is 2.18. The first-order valence-corrected chi connectivity index (χ1v) is 4.08. The van der Waals surface area contributed by atoms with Gasteiger partial charge in [0.05, 0.1) is 0 Å². The van der Waals surface area contributed by atoms with Crippen LogP contribution >= 0.6 is 0 Å². The number of hydrogen-bond acceptors (Lipinski definition) is 3. The van der Waals surface area contributed by atoms with E-state index >= 15 is 0 Å². The van der Waals surface area contributed by atoms with Crippen LogP contribution in [-0.4, -0.2) is 60.3 Å². The summed E-state index contributed by atoms with van der Waals surface area (Å²) in [5, 5.41) is 16.4. The monoisotopic (exact) mass is 151 g/mol. The first kappa shape index (κ1) is 7.84. The van der Waals surface area contributed by atoms with Crippen molar-refractivity contribution in [2.24, 2.45) is 5.10 Å². The molecule has 0 aromatic rings. The number of nitrogens with one attached hydrogen (secondary N) is 1. The van der Waals surface area contributed by atoms with Gasteiger partial charge in [-0.2, -0.15) is 0 Å². The zero-order valence-corrected chi connectivity index (χ0v) is 7.83. The molecule has 1 heterocycles. The van der Waals surface area contributed by atoms with Crippen molar-refractivity contribution in [3.05, 3.63) is 0 Å². The molecule has 1 aliphatic rings. The fourth-order valence-electron chi connectivity index (χ4n) is 0.629. The number of aliphatic hydroxyl groups is 1. The quantitative estimate of drug-likeness (QED) is 0.408. The van der Waals surface area contributed by atoms with Crippen LogP contribution in [0.1, 0.15) is 0 Å². The molecule has 0 aromatic carbocycles. The Labute approximate surface area is 75.5 Å². The second-order valence-corrected chi connectivity index (χ2v) is 3.24. The van der Waals surface area contributed by atoms with Crippen LogP contribution in [0.3, 0.4) is 0 Å². The number of hydrogen-bond donors (Lipinski definition) is 2. The van der Waals surface area contributed by atoms with Gasteiger partial charge < -0.3 is 0 Å². The molecule has 6 heteroatoms. The fourth-order valence-corrected chi connectivity index (χ4v) is 1.01. The van der Waals surface area contributed by atoms with Crippen LogP contribution in [0, 0.1) is 0 Å². The van der Waals surface area contributed by atoms with Crippen molar-refractivity contribution < 1.29 is 9.90 Å². The van der Waals surface area contributed by atoms with E-state index in [1.54, 1.807) is 7.05 Å². The molecule has 0 bridgehead atoms. The van der Waals surface area contributed by atoms with Crippen molar-refractivity contribution in [1.82, 2.24) is 10.3 Å². The van der Waals surface area contributed by atoms with Gasteiger partial charge in [-0.3, -0.25) is 0 Å². The average molecular weight is 151 g/mol. The Morgan fingerprint density at radius 2 is 2.50 bits per heavy atom. The zero-order chi connectivity index (χ0) is 7.72. The summed E-state index contributed by atoms with van der Waals surface area (Å²) >= 11 is 0.790. The normalized spacial score (nSPS) is 25.9. The second-order valence-electron chi connectivity index (χ2n) is 2.15. The van der Waals surface area contributed by atoms with E-state index in [1.807, 2.05) is 0 Å². The summed E-state index contributed by atoms with van der Waals surface area (Å²) in [6.07, 6.45) is 0. The number of carbonyl (C=O) groups excluding carboxylic acids is 1. The van der Waals surface area contributed by atoms with Gasteiger partial charge in [0.25, 0.3) is 0 Å². The Hall–Kier alpha value is -0.260. The van der Waals surface area contributed by atoms with Crippen LogP contribution in [0.15, 0.2) is 5.10 Å². The van der Waals surface area contributed by atoms with Gasteiger partial charge in [0, 0.05) is 0 Å². The van der Waals surface area contributed by atoms with Gasteiger partial charge >= 0.3 is 75.5 Å². The summed E-state index contributed by atoms with van der Waals surface area (Å²) in [6.45, 7) is 0. The second kappa shape index (κ2) is 2.77. The number of aliphatic hydroxyl groups excluding tert-OH is 1. The van der Waals surface area contributed by atoms with Crippen molar-refractivity contribution in [1.29, 1.82) is 0 Å². The zero-order valence-electron chi connectivity index (χ0n) is 5.83. The summed E-state index contributed by atoms with van der Waals surface area (Å²) in [6, 6.07) is 0. The molecule has 0 saturated carbocycles. The molecule has 1 atom stereocenters. The Bertz CT molecular complexity index is 193. The minimum absolute atomic E-state index is 0.0107. The number of rotatable bonds is 0. The van der Waals surface area contributed by atoms with Crippen molar-refractivity contribution >= 4 is 39.7 Å². The molecule has 0 saturated heterocycles. The van der Waals surface area contributed by atoms with Crippen LogP contribution in [0.4, 0.5) is 0 Å². The van der Waals surface area contributed by atoms with Gasteiger partial charge in [-0.25, -0.2) is 0 Å². The number of nitrogens with zero attached hydrogens (tertiary/aromatic N) is 2. The molecule has 1 unspecified atom stereocenters. The third-order valence-electron chi connectivity index (χ3n) is 1.36. The predicted octanol–water partition coefficient (Wildman–Crippen LogP) is -1.63. The molecular weight excluding hydrogens is 145 g/mol. The van der Waals surface area contributed by atoms with Crippen molar-refractivity contribution in [2.75, 3.05) is 7.05 Å². The predicted molar refractivity (Wildman–Crippen MR) is 35.5 cm³/mol.